The molecule has 86 valence electrons. The molecule has 1 aromatic carbocycles. The summed E-state index contributed by atoms with van der Waals surface area (Å²) in [6.07, 6.45) is 0.926. The van der Waals surface area contributed by atoms with Crippen LogP contribution in [0.3, 0.4) is 0 Å². The minimum atomic E-state index is 0.664. The van der Waals surface area contributed by atoms with Gasteiger partial charge in [0.25, 0.3) is 0 Å². The van der Waals surface area contributed by atoms with Crippen molar-refractivity contribution in [2.45, 2.75) is 27.2 Å². The first-order chi connectivity index (χ1) is 7.86. The quantitative estimate of drug-likeness (QED) is 0.788. The lowest BCUT2D eigenvalue weighted by Gasteiger charge is -2.22. The first-order valence-electron chi connectivity index (χ1n) is 5.79. The molecule has 0 saturated carbocycles. The first kappa shape index (κ1) is 12.4. The summed E-state index contributed by atoms with van der Waals surface area (Å²) in [7, 11) is 0. The molecule has 1 aliphatic heterocycles. The van der Waals surface area contributed by atoms with Crippen molar-refractivity contribution in [2.24, 2.45) is 0 Å². The summed E-state index contributed by atoms with van der Waals surface area (Å²) in [5.41, 5.74) is 2.68. The van der Waals surface area contributed by atoms with Crippen LogP contribution in [0.4, 0.5) is 5.69 Å². The van der Waals surface area contributed by atoms with Crippen LogP contribution in [-0.4, -0.2) is 13.2 Å². The number of rotatable bonds is 1. The smallest absolute Gasteiger partial charge is 0.147 e. The van der Waals surface area contributed by atoms with Gasteiger partial charge in [0.2, 0.25) is 0 Å². The number of hydrogen-bond donors (Lipinski definition) is 1. The third kappa shape index (κ3) is 2.27. The molecule has 1 N–H and O–H groups in total. The second-order valence-corrected chi connectivity index (χ2v) is 3.22. The van der Waals surface area contributed by atoms with E-state index in [-0.39, 0.29) is 0 Å². The molecule has 2 rings (SSSR count). The van der Waals surface area contributed by atoms with E-state index in [1.807, 2.05) is 26.0 Å². The van der Waals surface area contributed by atoms with E-state index in [1.54, 1.807) is 0 Å². The van der Waals surface area contributed by atoms with Crippen molar-refractivity contribution < 1.29 is 4.74 Å². The lowest BCUT2D eigenvalue weighted by Crippen LogP contribution is -2.20. The van der Waals surface area contributed by atoms with Crippen LogP contribution in [0.15, 0.2) is 12.1 Å². The average Bonchev–Trinajstić information content (AvgIpc) is 2.39. The summed E-state index contributed by atoms with van der Waals surface area (Å²) in [5.74, 6) is 0.859. The minimum Gasteiger partial charge on any atom is -0.489 e. The molecule has 0 aliphatic carbocycles. The molecular formula is C13H18N2O. The molecule has 3 heteroatoms. The van der Waals surface area contributed by atoms with Gasteiger partial charge in [-0.1, -0.05) is 26.8 Å². The molecule has 0 radical (unpaired) electrons. The Morgan fingerprint density at radius 2 is 2.19 bits per heavy atom. The number of nitrogens with zero attached hydrogens (tertiary/aromatic N) is 1. The molecule has 0 bridgehead atoms. The van der Waals surface area contributed by atoms with Gasteiger partial charge in [0.1, 0.15) is 18.4 Å². The molecule has 0 saturated heterocycles. The van der Waals surface area contributed by atoms with Gasteiger partial charge >= 0.3 is 0 Å². The molecule has 0 aromatic heterocycles. The minimum absolute atomic E-state index is 0.664. The van der Waals surface area contributed by atoms with Crippen molar-refractivity contribution in [3.05, 3.63) is 23.3 Å². The highest BCUT2D eigenvalue weighted by atomic mass is 16.5. The number of benzene rings is 1. The van der Waals surface area contributed by atoms with E-state index in [2.05, 4.69) is 18.3 Å². The molecule has 0 unspecified atom stereocenters. The number of fused-ring (bicyclic) bond motifs is 1. The Morgan fingerprint density at radius 1 is 1.44 bits per heavy atom. The number of anilines is 1. The Bertz CT molecular complexity index is 394. The van der Waals surface area contributed by atoms with Crippen molar-refractivity contribution in [2.75, 3.05) is 18.5 Å². The van der Waals surface area contributed by atoms with Gasteiger partial charge in [-0.25, -0.2) is 0 Å². The van der Waals surface area contributed by atoms with Crippen molar-refractivity contribution in [3.63, 3.8) is 0 Å². The zero-order chi connectivity index (χ0) is 12.0. The van der Waals surface area contributed by atoms with Crippen LogP contribution in [0.5, 0.6) is 5.75 Å². The van der Waals surface area contributed by atoms with E-state index in [0.29, 0.717) is 12.2 Å². The fourth-order valence-electron chi connectivity index (χ4n) is 1.67. The SMILES string of the molecule is CC.CCc1ccc(C#N)c2c1OCCN2. The molecule has 3 nitrogen and oxygen atoms in total. The van der Waals surface area contributed by atoms with E-state index in [9.17, 15) is 0 Å². The molecule has 16 heavy (non-hydrogen) atoms. The summed E-state index contributed by atoms with van der Waals surface area (Å²) in [6.45, 7) is 7.53. The Kier molecular flexibility index (Phi) is 4.65. The van der Waals surface area contributed by atoms with Crippen LogP contribution in [0, 0.1) is 11.3 Å². The Labute approximate surface area is 97.0 Å². The van der Waals surface area contributed by atoms with Gasteiger partial charge in [-0.05, 0) is 18.1 Å². The van der Waals surface area contributed by atoms with Crippen LogP contribution in [0.1, 0.15) is 31.9 Å². The van der Waals surface area contributed by atoms with Crippen LogP contribution >= 0.6 is 0 Å². The van der Waals surface area contributed by atoms with Gasteiger partial charge in [0, 0.05) is 6.54 Å². The van der Waals surface area contributed by atoms with E-state index < -0.39 is 0 Å². The Morgan fingerprint density at radius 3 is 2.81 bits per heavy atom. The van der Waals surface area contributed by atoms with Crippen molar-refractivity contribution >= 4 is 5.69 Å². The number of aryl methyl sites for hydroxylation is 1. The number of nitriles is 1. The maximum absolute atomic E-state index is 8.91. The van der Waals surface area contributed by atoms with Gasteiger partial charge in [-0.3, -0.25) is 0 Å². The molecule has 0 atom stereocenters. The second kappa shape index (κ2) is 6.02. The molecule has 1 heterocycles. The van der Waals surface area contributed by atoms with E-state index in [0.717, 1.165) is 30.0 Å². The van der Waals surface area contributed by atoms with Crippen molar-refractivity contribution in [1.82, 2.24) is 0 Å². The highest BCUT2D eigenvalue weighted by molar-refractivity contribution is 5.69. The summed E-state index contributed by atoms with van der Waals surface area (Å²) >= 11 is 0. The molecule has 0 amide bonds. The summed E-state index contributed by atoms with van der Waals surface area (Å²) in [4.78, 5) is 0. The monoisotopic (exact) mass is 218 g/mol. The summed E-state index contributed by atoms with van der Waals surface area (Å²) in [6, 6.07) is 5.97. The lowest BCUT2D eigenvalue weighted by atomic mass is 10.1. The van der Waals surface area contributed by atoms with Crippen molar-refractivity contribution in [1.29, 1.82) is 5.26 Å². The highest BCUT2D eigenvalue weighted by Gasteiger charge is 2.16. The molecular weight excluding hydrogens is 200 g/mol. The third-order valence-corrected chi connectivity index (χ3v) is 2.39. The number of ether oxygens (including phenoxy) is 1. The van der Waals surface area contributed by atoms with Gasteiger partial charge < -0.3 is 10.1 Å². The van der Waals surface area contributed by atoms with Crippen molar-refractivity contribution in [3.8, 4) is 11.8 Å². The summed E-state index contributed by atoms with van der Waals surface area (Å²) in [5, 5.41) is 12.1. The highest BCUT2D eigenvalue weighted by Crippen LogP contribution is 2.34. The van der Waals surface area contributed by atoms with Crippen LogP contribution < -0.4 is 10.1 Å². The van der Waals surface area contributed by atoms with Gasteiger partial charge in [-0.15, -0.1) is 0 Å². The molecule has 0 fully saturated rings. The van der Waals surface area contributed by atoms with Gasteiger partial charge in [0.15, 0.2) is 0 Å². The number of nitrogens with one attached hydrogen (secondary N) is 1. The van der Waals surface area contributed by atoms with Gasteiger partial charge in [-0.2, -0.15) is 5.26 Å². The van der Waals surface area contributed by atoms with E-state index in [4.69, 9.17) is 10.00 Å². The standard InChI is InChI=1S/C11H12N2O.C2H6/c1-2-8-3-4-9(7-12)10-11(8)14-6-5-13-10;1-2/h3-4,13H,2,5-6H2,1H3;1-2H3. The van der Waals surface area contributed by atoms with Gasteiger partial charge in [0.05, 0.1) is 11.3 Å². The largest absolute Gasteiger partial charge is 0.489 e. The average molecular weight is 218 g/mol. The topological polar surface area (TPSA) is 45.0 Å². The normalized spacial score (nSPS) is 12.1. The second-order valence-electron chi connectivity index (χ2n) is 3.22. The van der Waals surface area contributed by atoms with Crippen LogP contribution in [0.25, 0.3) is 0 Å². The van der Waals surface area contributed by atoms with Crippen LogP contribution in [-0.2, 0) is 6.42 Å². The predicted molar refractivity (Wildman–Crippen MR) is 65.9 cm³/mol. The molecule has 1 aromatic rings. The zero-order valence-electron chi connectivity index (χ0n) is 10.1. The number of hydrogen-bond acceptors (Lipinski definition) is 3. The first-order valence-corrected chi connectivity index (χ1v) is 5.79. The predicted octanol–water partition coefficient (Wildman–Crippen LogP) is 2.95. The maximum Gasteiger partial charge on any atom is 0.147 e. The Hall–Kier alpha value is -1.69. The van der Waals surface area contributed by atoms with Crippen LogP contribution in [0.2, 0.25) is 0 Å². The van der Waals surface area contributed by atoms with E-state index in [1.165, 1.54) is 0 Å². The molecule has 0 spiro atoms. The lowest BCUT2D eigenvalue weighted by molar-refractivity contribution is 0.320. The maximum atomic E-state index is 8.91. The molecule has 1 aliphatic rings. The fourth-order valence-corrected chi connectivity index (χ4v) is 1.67. The van der Waals surface area contributed by atoms with E-state index >= 15 is 0 Å². The fraction of sp³-hybridized carbons (Fsp3) is 0.462. The third-order valence-electron chi connectivity index (χ3n) is 2.39. The summed E-state index contributed by atoms with van der Waals surface area (Å²) < 4.78 is 5.57. The Balaban J connectivity index is 0.000000606. The zero-order valence-corrected chi connectivity index (χ0v) is 10.1.